The molecule has 0 radical (unpaired) electrons. The zero-order chi connectivity index (χ0) is 16.1. The lowest BCUT2D eigenvalue weighted by atomic mass is 9.86. The van der Waals surface area contributed by atoms with Crippen LogP contribution >= 0.6 is 0 Å². The van der Waals surface area contributed by atoms with Crippen LogP contribution in [0, 0.1) is 6.92 Å². The van der Waals surface area contributed by atoms with Crippen molar-refractivity contribution >= 4 is 10.9 Å². The Hall–Kier alpha value is -2.02. The summed E-state index contributed by atoms with van der Waals surface area (Å²) in [5, 5.41) is 1.42. The van der Waals surface area contributed by atoms with E-state index in [0.717, 1.165) is 6.42 Å². The molecule has 3 aromatic rings. The van der Waals surface area contributed by atoms with Crippen molar-refractivity contribution in [3.05, 3.63) is 71.4 Å². The summed E-state index contributed by atoms with van der Waals surface area (Å²) in [5.74, 6) is 0.645. The van der Waals surface area contributed by atoms with Crippen LogP contribution in [-0.4, -0.2) is 4.98 Å². The standard InChI is InChI=1S/C22H27N/c1-3-4-12-19(16-15-18-10-6-5-7-11-18)22-17(2)23-21-14-9-8-13-20(21)22/h5-11,13-14,19,23H,3-4,12,15-16H2,1-2H3. The fourth-order valence-corrected chi connectivity index (χ4v) is 3.69. The highest BCUT2D eigenvalue weighted by Gasteiger charge is 2.18. The summed E-state index contributed by atoms with van der Waals surface area (Å²) >= 11 is 0. The van der Waals surface area contributed by atoms with Crippen molar-refractivity contribution in [1.29, 1.82) is 0 Å². The number of unbranched alkanes of at least 4 members (excludes halogenated alkanes) is 1. The van der Waals surface area contributed by atoms with E-state index in [4.69, 9.17) is 0 Å². The molecule has 0 aliphatic rings. The Morgan fingerprint density at radius 1 is 0.913 bits per heavy atom. The molecule has 1 aromatic heterocycles. The summed E-state index contributed by atoms with van der Waals surface area (Å²) in [6.45, 7) is 4.52. The largest absolute Gasteiger partial charge is 0.358 e. The van der Waals surface area contributed by atoms with Gasteiger partial charge in [-0.05, 0) is 49.3 Å². The maximum atomic E-state index is 3.58. The van der Waals surface area contributed by atoms with Crippen LogP contribution in [0.2, 0.25) is 0 Å². The minimum absolute atomic E-state index is 0.645. The van der Waals surface area contributed by atoms with E-state index < -0.39 is 0 Å². The molecule has 1 unspecified atom stereocenters. The Kier molecular flexibility index (Phi) is 5.17. The van der Waals surface area contributed by atoms with Crippen LogP contribution in [0.25, 0.3) is 10.9 Å². The minimum atomic E-state index is 0.645. The molecule has 1 heterocycles. The van der Waals surface area contributed by atoms with E-state index in [0.29, 0.717) is 5.92 Å². The maximum absolute atomic E-state index is 3.58. The molecule has 2 aromatic carbocycles. The highest BCUT2D eigenvalue weighted by atomic mass is 14.7. The zero-order valence-corrected chi connectivity index (χ0v) is 14.3. The van der Waals surface area contributed by atoms with Gasteiger partial charge >= 0.3 is 0 Å². The number of aromatic amines is 1. The van der Waals surface area contributed by atoms with Crippen molar-refractivity contribution in [3.63, 3.8) is 0 Å². The van der Waals surface area contributed by atoms with Gasteiger partial charge in [0.2, 0.25) is 0 Å². The van der Waals surface area contributed by atoms with Gasteiger partial charge in [0.05, 0.1) is 0 Å². The third-order valence-corrected chi connectivity index (χ3v) is 4.88. The molecule has 1 atom stereocenters. The molecule has 0 saturated heterocycles. The molecule has 1 N–H and O–H groups in total. The molecule has 0 aliphatic heterocycles. The van der Waals surface area contributed by atoms with Gasteiger partial charge in [-0.1, -0.05) is 68.3 Å². The quantitative estimate of drug-likeness (QED) is 0.521. The number of para-hydroxylation sites is 1. The predicted molar refractivity (Wildman–Crippen MR) is 100 cm³/mol. The van der Waals surface area contributed by atoms with Crippen molar-refractivity contribution in [2.24, 2.45) is 0 Å². The van der Waals surface area contributed by atoms with E-state index in [2.05, 4.69) is 73.4 Å². The van der Waals surface area contributed by atoms with Gasteiger partial charge in [-0.25, -0.2) is 0 Å². The molecular formula is C22H27N. The topological polar surface area (TPSA) is 15.8 Å². The summed E-state index contributed by atoms with van der Waals surface area (Å²) in [4.78, 5) is 3.58. The van der Waals surface area contributed by atoms with Crippen molar-refractivity contribution in [1.82, 2.24) is 4.98 Å². The third kappa shape index (κ3) is 3.67. The van der Waals surface area contributed by atoms with Gasteiger partial charge in [0.25, 0.3) is 0 Å². The molecule has 120 valence electrons. The second-order valence-electron chi connectivity index (χ2n) is 6.57. The first-order valence-corrected chi connectivity index (χ1v) is 8.90. The number of aryl methyl sites for hydroxylation is 2. The van der Waals surface area contributed by atoms with E-state index in [-0.39, 0.29) is 0 Å². The molecular weight excluding hydrogens is 278 g/mol. The maximum Gasteiger partial charge on any atom is 0.0458 e. The summed E-state index contributed by atoms with van der Waals surface area (Å²) < 4.78 is 0. The van der Waals surface area contributed by atoms with Crippen molar-refractivity contribution in [2.75, 3.05) is 0 Å². The zero-order valence-electron chi connectivity index (χ0n) is 14.3. The molecule has 0 bridgehead atoms. The third-order valence-electron chi connectivity index (χ3n) is 4.88. The lowest BCUT2D eigenvalue weighted by Crippen LogP contribution is -2.03. The van der Waals surface area contributed by atoms with Crippen LogP contribution in [-0.2, 0) is 6.42 Å². The van der Waals surface area contributed by atoms with E-state index >= 15 is 0 Å². The predicted octanol–water partition coefficient (Wildman–Crippen LogP) is 6.38. The van der Waals surface area contributed by atoms with Crippen LogP contribution in [0.1, 0.15) is 55.3 Å². The van der Waals surface area contributed by atoms with Crippen LogP contribution in [0.5, 0.6) is 0 Å². The SMILES string of the molecule is CCCCC(CCc1ccccc1)c1c(C)[nH]c2ccccc12. The van der Waals surface area contributed by atoms with Gasteiger partial charge in [-0.15, -0.1) is 0 Å². The van der Waals surface area contributed by atoms with Gasteiger partial charge in [0.1, 0.15) is 0 Å². The Labute approximate surface area is 139 Å². The van der Waals surface area contributed by atoms with E-state index in [9.17, 15) is 0 Å². The monoisotopic (exact) mass is 305 g/mol. The molecule has 3 rings (SSSR count). The number of H-pyrrole nitrogens is 1. The van der Waals surface area contributed by atoms with Crippen molar-refractivity contribution in [3.8, 4) is 0 Å². The highest BCUT2D eigenvalue weighted by molar-refractivity contribution is 5.85. The Bertz CT molecular complexity index is 739. The average molecular weight is 305 g/mol. The highest BCUT2D eigenvalue weighted by Crippen LogP contribution is 2.35. The summed E-state index contributed by atoms with van der Waals surface area (Å²) in [6, 6.07) is 19.6. The molecule has 0 spiro atoms. The Balaban J connectivity index is 1.86. The van der Waals surface area contributed by atoms with Crippen LogP contribution in [0.15, 0.2) is 54.6 Å². The normalized spacial score (nSPS) is 12.6. The number of benzene rings is 2. The lowest BCUT2D eigenvalue weighted by Gasteiger charge is -2.18. The minimum Gasteiger partial charge on any atom is -0.358 e. The molecule has 0 aliphatic carbocycles. The number of aromatic nitrogens is 1. The summed E-state index contributed by atoms with van der Waals surface area (Å²) in [5.41, 5.74) is 5.62. The second-order valence-corrected chi connectivity index (χ2v) is 6.57. The van der Waals surface area contributed by atoms with Gasteiger partial charge in [0, 0.05) is 16.6 Å². The number of nitrogens with one attached hydrogen (secondary N) is 1. The first kappa shape index (κ1) is 15.9. The van der Waals surface area contributed by atoms with E-state index in [1.165, 1.54) is 47.8 Å². The van der Waals surface area contributed by atoms with Crippen LogP contribution in [0.3, 0.4) is 0 Å². The van der Waals surface area contributed by atoms with Crippen LogP contribution in [0.4, 0.5) is 0 Å². The smallest absolute Gasteiger partial charge is 0.0458 e. The molecule has 0 amide bonds. The Morgan fingerprint density at radius 3 is 2.43 bits per heavy atom. The molecule has 0 saturated carbocycles. The molecule has 1 nitrogen and oxygen atoms in total. The van der Waals surface area contributed by atoms with Crippen molar-refractivity contribution in [2.45, 2.75) is 51.9 Å². The number of rotatable bonds is 7. The number of hydrogen-bond acceptors (Lipinski definition) is 0. The number of hydrogen-bond donors (Lipinski definition) is 1. The lowest BCUT2D eigenvalue weighted by molar-refractivity contribution is 0.548. The summed E-state index contributed by atoms with van der Waals surface area (Å²) in [6.07, 6.45) is 6.24. The molecule has 23 heavy (non-hydrogen) atoms. The van der Waals surface area contributed by atoms with E-state index in [1.54, 1.807) is 5.56 Å². The molecule has 1 heteroatoms. The second kappa shape index (κ2) is 7.50. The summed E-state index contributed by atoms with van der Waals surface area (Å²) in [7, 11) is 0. The van der Waals surface area contributed by atoms with Gasteiger partial charge in [-0.3, -0.25) is 0 Å². The van der Waals surface area contributed by atoms with Gasteiger partial charge < -0.3 is 4.98 Å². The fourth-order valence-electron chi connectivity index (χ4n) is 3.69. The van der Waals surface area contributed by atoms with Crippen LogP contribution < -0.4 is 0 Å². The first-order chi connectivity index (χ1) is 11.3. The fraction of sp³-hybridized carbons (Fsp3) is 0.364. The average Bonchev–Trinajstić information content (AvgIpc) is 2.92. The Morgan fingerprint density at radius 2 is 1.65 bits per heavy atom. The van der Waals surface area contributed by atoms with E-state index in [1.807, 2.05) is 0 Å². The number of fused-ring (bicyclic) bond motifs is 1. The van der Waals surface area contributed by atoms with Gasteiger partial charge in [-0.2, -0.15) is 0 Å². The molecule has 0 fully saturated rings. The first-order valence-electron chi connectivity index (χ1n) is 8.90. The van der Waals surface area contributed by atoms with Gasteiger partial charge in [0.15, 0.2) is 0 Å². The van der Waals surface area contributed by atoms with Crippen molar-refractivity contribution < 1.29 is 0 Å².